The minimum absolute atomic E-state index is 0.00548. The van der Waals surface area contributed by atoms with Gasteiger partial charge in [0.2, 0.25) is 0 Å². The first-order valence-electron chi connectivity index (χ1n) is 7.73. The van der Waals surface area contributed by atoms with Gasteiger partial charge in [0.05, 0.1) is 18.3 Å². The predicted octanol–water partition coefficient (Wildman–Crippen LogP) is 2.06. The zero-order valence-electron chi connectivity index (χ0n) is 13.7. The Bertz CT molecular complexity index is 751. The lowest BCUT2D eigenvalue weighted by atomic mass is 10.1. The van der Waals surface area contributed by atoms with Crippen LogP contribution in [0.4, 0.5) is 0 Å². The third-order valence-corrected chi connectivity index (χ3v) is 4.90. The molecule has 1 aliphatic heterocycles. The van der Waals surface area contributed by atoms with E-state index < -0.39 is 0 Å². The molecule has 1 aromatic heterocycles. The van der Waals surface area contributed by atoms with E-state index in [-0.39, 0.29) is 11.8 Å². The molecule has 1 fully saturated rings. The lowest BCUT2D eigenvalue weighted by molar-refractivity contribution is 0.0538. The molecule has 0 saturated carbocycles. The molecule has 7 heteroatoms. The summed E-state index contributed by atoms with van der Waals surface area (Å²) in [7, 11) is 1.58. The number of thiazole rings is 1. The highest BCUT2D eigenvalue weighted by Crippen LogP contribution is 2.18. The van der Waals surface area contributed by atoms with Gasteiger partial charge in [0, 0.05) is 31.7 Å². The van der Waals surface area contributed by atoms with Crippen molar-refractivity contribution in [1.82, 2.24) is 14.8 Å². The van der Waals surface area contributed by atoms with E-state index in [1.807, 2.05) is 13.0 Å². The van der Waals surface area contributed by atoms with E-state index >= 15 is 0 Å². The third-order valence-electron chi connectivity index (χ3n) is 4.00. The number of ether oxygens (including phenoxy) is 1. The molecular formula is C17H19N3O3S. The summed E-state index contributed by atoms with van der Waals surface area (Å²) < 4.78 is 5.16. The summed E-state index contributed by atoms with van der Waals surface area (Å²) in [6.45, 7) is 4.00. The Morgan fingerprint density at radius 1 is 1.12 bits per heavy atom. The molecule has 0 N–H and O–H groups in total. The zero-order chi connectivity index (χ0) is 17.1. The number of nitrogens with zero attached hydrogens (tertiary/aromatic N) is 3. The topological polar surface area (TPSA) is 62.7 Å². The molecule has 1 aromatic carbocycles. The standard InChI is InChI=1S/C17H19N3O3S/c1-12-18-11-15(24-12)17(22)20-8-6-19(7-9-20)16(21)13-4-3-5-14(10-13)23-2/h3-5,10-11H,6-9H2,1-2H3. The van der Waals surface area contributed by atoms with Crippen LogP contribution in [-0.2, 0) is 0 Å². The maximum Gasteiger partial charge on any atom is 0.265 e. The second-order valence-corrected chi connectivity index (χ2v) is 6.79. The Kier molecular flexibility index (Phi) is 4.80. The molecule has 2 heterocycles. The highest BCUT2D eigenvalue weighted by molar-refractivity contribution is 7.13. The van der Waals surface area contributed by atoms with Crippen LogP contribution in [0.2, 0.25) is 0 Å². The van der Waals surface area contributed by atoms with Crippen LogP contribution in [-0.4, -0.2) is 59.9 Å². The Morgan fingerprint density at radius 2 is 1.79 bits per heavy atom. The number of hydrogen-bond acceptors (Lipinski definition) is 5. The van der Waals surface area contributed by atoms with Crippen LogP contribution < -0.4 is 4.74 Å². The lowest BCUT2D eigenvalue weighted by Gasteiger charge is -2.34. The van der Waals surface area contributed by atoms with E-state index in [0.29, 0.717) is 42.4 Å². The quantitative estimate of drug-likeness (QED) is 0.854. The van der Waals surface area contributed by atoms with Gasteiger partial charge in [-0.1, -0.05) is 6.07 Å². The molecule has 1 aliphatic rings. The molecule has 126 valence electrons. The van der Waals surface area contributed by atoms with Crippen LogP contribution in [0.25, 0.3) is 0 Å². The summed E-state index contributed by atoms with van der Waals surface area (Å²) >= 11 is 1.40. The van der Waals surface area contributed by atoms with Crippen LogP contribution in [0, 0.1) is 6.92 Å². The fraction of sp³-hybridized carbons (Fsp3) is 0.353. The Morgan fingerprint density at radius 3 is 2.38 bits per heavy atom. The van der Waals surface area contributed by atoms with E-state index in [1.165, 1.54) is 11.3 Å². The first kappa shape index (κ1) is 16.4. The zero-order valence-corrected chi connectivity index (χ0v) is 14.5. The summed E-state index contributed by atoms with van der Waals surface area (Å²) in [6.07, 6.45) is 1.62. The molecular weight excluding hydrogens is 326 g/mol. The molecule has 0 aliphatic carbocycles. The minimum Gasteiger partial charge on any atom is -0.497 e. The van der Waals surface area contributed by atoms with Gasteiger partial charge in [0.25, 0.3) is 11.8 Å². The van der Waals surface area contributed by atoms with Gasteiger partial charge < -0.3 is 14.5 Å². The monoisotopic (exact) mass is 345 g/mol. The molecule has 0 unspecified atom stereocenters. The fourth-order valence-corrected chi connectivity index (χ4v) is 3.41. The number of aryl methyl sites for hydroxylation is 1. The van der Waals surface area contributed by atoms with E-state index in [9.17, 15) is 9.59 Å². The van der Waals surface area contributed by atoms with Crippen molar-refractivity contribution in [3.05, 3.63) is 45.9 Å². The van der Waals surface area contributed by atoms with Gasteiger partial charge in [-0.2, -0.15) is 0 Å². The van der Waals surface area contributed by atoms with Crippen molar-refractivity contribution in [2.75, 3.05) is 33.3 Å². The maximum absolute atomic E-state index is 12.6. The van der Waals surface area contributed by atoms with E-state index in [0.717, 1.165) is 5.01 Å². The molecule has 2 amide bonds. The largest absolute Gasteiger partial charge is 0.497 e. The van der Waals surface area contributed by atoms with Gasteiger partial charge in [0.1, 0.15) is 10.6 Å². The van der Waals surface area contributed by atoms with Crippen molar-refractivity contribution in [2.45, 2.75) is 6.92 Å². The summed E-state index contributed by atoms with van der Waals surface area (Å²) in [5, 5.41) is 0.880. The molecule has 0 spiro atoms. The van der Waals surface area contributed by atoms with Gasteiger partial charge in [-0.25, -0.2) is 4.98 Å². The van der Waals surface area contributed by atoms with Crippen LogP contribution in [0.5, 0.6) is 5.75 Å². The highest BCUT2D eigenvalue weighted by atomic mass is 32.1. The number of carbonyl (C=O) groups excluding carboxylic acids is 2. The molecule has 0 atom stereocenters. The maximum atomic E-state index is 12.6. The number of rotatable bonds is 3. The number of methoxy groups -OCH3 is 1. The molecule has 2 aromatic rings. The van der Waals surface area contributed by atoms with Crippen molar-refractivity contribution in [2.24, 2.45) is 0 Å². The number of aromatic nitrogens is 1. The van der Waals surface area contributed by atoms with E-state index in [4.69, 9.17) is 4.74 Å². The third kappa shape index (κ3) is 3.41. The minimum atomic E-state index is -0.0327. The molecule has 24 heavy (non-hydrogen) atoms. The van der Waals surface area contributed by atoms with Crippen molar-refractivity contribution in [3.63, 3.8) is 0 Å². The smallest absolute Gasteiger partial charge is 0.265 e. The number of benzene rings is 1. The highest BCUT2D eigenvalue weighted by Gasteiger charge is 2.26. The number of piperazine rings is 1. The number of carbonyl (C=O) groups is 2. The van der Waals surface area contributed by atoms with Crippen molar-refractivity contribution in [1.29, 1.82) is 0 Å². The number of amides is 2. The molecule has 0 bridgehead atoms. The first-order valence-corrected chi connectivity index (χ1v) is 8.55. The molecule has 6 nitrogen and oxygen atoms in total. The van der Waals surface area contributed by atoms with Crippen LogP contribution in [0.1, 0.15) is 25.0 Å². The van der Waals surface area contributed by atoms with Gasteiger partial charge in [-0.3, -0.25) is 9.59 Å². The van der Waals surface area contributed by atoms with Crippen LogP contribution in [0.3, 0.4) is 0 Å². The van der Waals surface area contributed by atoms with Gasteiger partial charge in [-0.15, -0.1) is 11.3 Å². The van der Waals surface area contributed by atoms with Crippen molar-refractivity contribution < 1.29 is 14.3 Å². The van der Waals surface area contributed by atoms with Gasteiger partial charge in [-0.05, 0) is 25.1 Å². The molecule has 3 rings (SSSR count). The Balaban J connectivity index is 1.62. The van der Waals surface area contributed by atoms with E-state index in [2.05, 4.69) is 4.98 Å². The molecule has 1 saturated heterocycles. The van der Waals surface area contributed by atoms with Crippen LogP contribution in [0.15, 0.2) is 30.5 Å². The van der Waals surface area contributed by atoms with Gasteiger partial charge >= 0.3 is 0 Å². The van der Waals surface area contributed by atoms with Crippen LogP contribution >= 0.6 is 11.3 Å². The number of hydrogen-bond donors (Lipinski definition) is 0. The van der Waals surface area contributed by atoms with E-state index in [1.54, 1.807) is 41.3 Å². The second-order valence-electron chi connectivity index (χ2n) is 5.56. The van der Waals surface area contributed by atoms with Crippen molar-refractivity contribution >= 4 is 23.2 Å². The predicted molar refractivity (Wildman–Crippen MR) is 91.7 cm³/mol. The van der Waals surface area contributed by atoms with Crippen molar-refractivity contribution in [3.8, 4) is 5.75 Å². The normalized spacial score (nSPS) is 14.6. The second kappa shape index (κ2) is 7.00. The Labute approximate surface area is 144 Å². The Hall–Kier alpha value is -2.41. The molecule has 0 radical (unpaired) electrons. The first-order chi connectivity index (χ1) is 11.6. The summed E-state index contributed by atoms with van der Waals surface area (Å²) in [6, 6.07) is 7.13. The SMILES string of the molecule is COc1cccc(C(=O)N2CCN(C(=O)c3cnc(C)s3)CC2)c1. The summed E-state index contributed by atoms with van der Waals surface area (Å²) in [5.74, 6) is 0.624. The fourth-order valence-electron chi connectivity index (χ4n) is 2.67. The van der Waals surface area contributed by atoms with Gasteiger partial charge in [0.15, 0.2) is 0 Å². The average molecular weight is 345 g/mol. The lowest BCUT2D eigenvalue weighted by Crippen LogP contribution is -2.50. The summed E-state index contributed by atoms with van der Waals surface area (Å²) in [5.41, 5.74) is 0.604. The average Bonchev–Trinajstić information content (AvgIpc) is 3.07. The summed E-state index contributed by atoms with van der Waals surface area (Å²) in [4.78, 5) is 33.3.